The molecule has 2 rings (SSSR count). The average molecular weight is 249 g/mol. The normalized spacial score (nSPS) is 16.1. The van der Waals surface area contributed by atoms with E-state index in [9.17, 15) is 9.59 Å². The molecule has 1 aromatic heterocycles. The van der Waals surface area contributed by atoms with Gasteiger partial charge in [0.2, 0.25) is 0 Å². The monoisotopic (exact) mass is 249 g/mol. The number of pyridine rings is 1. The molecule has 0 atom stereocenters. The average Bonchev–Trinajstić information content (AvgIpc) is 2.67. The minimum Gasteiger partial charge on any atom is -0.478 e. The quantitative estimate of drug-likeness (QED) is 0.783. The minimum atomic E-state index is -1.04. The molecule has 0 aliphatic carbocycles. The molecule has 2 heterocycles. The number of carbonyl (C=O) groups excluding carboxylic acids is 1. The van der Waals surface area contributed by atoms with Crippen molar-refractivity contribution in [1.29, 1.82) is 0 Å². The smallest absolute Gasteiger partial charge is 0.337 e. The molecule has 1 amide bonds. The summed E-state index contributed by atoms with van der Waals surface area (Å²) < 4.78 is 0. The zero-order chi connectivity index (χ0) is 13.0. The molecule has 0 bridgehead atoms. The number of aromatic nitrogens is 1. The molecule has 0 aromatic carbocycles. The number of nitrogens with one attached hydrogen (secondary N) is 1. The Morgan fingerprint density at radius 2 is 2.11 bits per heavy atom. The Balaban J connectivity index is 2.10. The molecule has 6 nitrogen and oxygen atoms in total. The van der Waals surface area contributed by atoms with E-state index < -0.39 is 5.97 Å². The Bertz CT molecular complexity index is 436. The molecule has 18 heavy (non-hydrogen) atoms. The van der Waals surface area contributed by atoms with Crippen LogP contribution in [-0.4, -0.2) is 53.0 Å². The van der Waals surface area contributed by atoms with Gasteiger partial charge in [-0.2, -0.15) is 0 Å². The van der Waals surface area contributed by atoms with Gasteiger partial charge in [-0.05, 0) is 25.1 Å². The third-order valence-electron chi connectivity index (χ3n) is 2.86. The molecule has 1 saturated heterocycles. The highest BCUT2D eigenvalue weighted by atomic mass is 16.4. The van der Waals surface area contributed by atoms with Crippen LogP contribution in [0.2, 0.25) is 0 Å². The molecule has 0 saturated carbocycles. The van der Waals surface area contributed by atoms with Gasteiger partial charge in [0, 0.05) is 25.8 Å². The van der Waals surface area contributed by atoms with Gasteiger partial charge in [0.25, 0.3) is 5.91 Å². The van der Waals surface area contributed by atoms with Crippen molar-refractivity contribution in [3.8, 4) is 0 Å². The van der Waals surface area contributed by atoms with Crippen LogP contribution in [0.4, 0.5) is 0 Å². The number of nitrogens with zero attached hydrogens (tertiary/aromatic N) is 2. The predicted octanol–water partition coefficient (Wildman–Crippen LogP) is 0.215. The first-order valence-electron chi connectivity index (χ1n) is 5.88. The Labute approximate surface area is 105 Å². The zero-order valence-corrected chi connectivity index (χ0v) is 9.93. The van der Waals surface area contributed by atoms with Crippen LogP contribution in [0.5, 0.6) is 0 Å². The van der Waals surface area contributed by atoms with Crippen molar-refractivity contribution >= 4 is 11.9 Å². The van der Waals surface area contributed by atoms with Gasteiger partial charge in [-0.15, -0.1) is 0 Å². The first-order valence-corrected chi connectivity index (χ1v) is 5.88. The van der Waals surface area contributed by atoms with Gasteiger partial charge in [0.15, 0.2) is 0 Å². The van der Waals surface area contributed by atoms with E-state index in [2.05, 4.69) is 10.3 Å². The van der Waals surface area contributed by atoms with Crippen molar-refractivity contribution in [2.24, 2.45) is 0 Å². The summed E-state index contributed by atoms with van der Waals surface area (Å²) in [6.07, 6.45) is 2.13. The number of rotatable bonds is 2. The van der Waals surface area contributed by atoms with Crippen molar-refractivity contribution in [1.82, 2.24) is 15.2 Å². The standard InChI is InChI=1S/C12H15N3O3/c16-11(15-6-1-4-13-5-7-15)10-3-2-9(8-14-10)12(17)18/h2-3,8,13H,1,4-7H2,(H,17,18). The summed E-state index contributed by atoms with van der Waals surface area (Å²) in [7, 11) is 0. The molecule has 1 aliphatic heterocycles. The fourth-order valence-corrected chi connectivity index (χ4v) is 1.86. The molecule has 2 N–H and O–H groups in total. The SMILES string of the molecule is O=C(O)c1ccc(C(=O)N2CCCNCC2)nc1. The van der Waals surface area contributed by atoms with Crippen molar-refractivity contribution < 1.29 is 14.7 Å². The van der Waals surface area contributed by atoms with E-state index >= 15 is 0 Å². The number of hydrogen-bond acceptors (Lipinski definition) is 4. The predicted molar refractivity (Wildman–Crippen MR) is 64.6 cm³/mol. The van der Waals surface area contributed by atoms with Gasteiger partial charge in [-0.1, -0.05) is 0 Å². The molecular formula is C12H15N3O3. The van der Waals surface area contributed by atoms with Crippen molar-refractivity contribution in [2.45, 2.75) is 6.42 Å². The second-order valence-electron chi connectivity index (χ2n) is 4.13. The van der Waals surface area contributed by atoms with Crippen molar-refractivity contribution in [2.75, 3.05) is 26.2 Å². The van der Waals surface area contributed by atoms with Crippen LogP contribution in [0.3, 0.4) is 0 Å². The zero-order valence-electron chi connectivity index (χ0n) is 9.93. The fraction of sp³-hybridized carbons (Fsp3) is 0.417. The van der Waals surface area contributed by atoms with Crippen molar-refractivity contribution in [3.05, 3.63) is 29.6 Å². The third kappa shape index (κ3) is 2.84. The molecule has 0 unspecified atom stereocenters. The highest BCUT2D eigenvalue weighted by Gasteiger charge is 2.18. The molecule has 1 aliphatic rings. The van der Waals surface area contributed by atoms with E-state index in [4.69, 9.17) is 5.11 Å². The maximum atomic E-state index is 12.1. The third-order valence-corrected chi connectivity index (χ3v) is 2.86. The van der Waals surface area contributed by atoms with Gasteiger partial charge in [0.1, 0.15) is 5.69 Å². The maximum absolute atomic E-state index is 12.1. The van der Waals surface area contributed by atoms with Gasteiger partial charge >= 0.3 is 5.97 Å². The molecule has 0 radical (unpaired) electrons. The number of hydrogen-bond donors (Lipinski definition) is 2. The highest BCUT2D eigenvalue weighted by Crippen LogP contribution is 2.06. The number of carboxylic acid groups (broad SMARTS) is 1. The van der Waals surface area contributed by atoms with E-state index in [1.54, 1.807) is 4.90 Å². The molecule has 1 fully saturated rings. The van der Waals surface area contributed by atoms with Crippen LogP contribution in [0, 0.1) is 0 Å². The summed E-state index contributed by atoms with van der Waals surface area (Å²) in [6, 6.07) is 2.86. The van der Waals surface area contributed by atoms with Gasteiger partial charge in [0.05, 0.1) is 5.56 Å². The first kappa shape index (κ1) is 12.5. The summed E-state index contributed by atoms with van der Waals surface area (Å²) in [5.74, 6) is -1.18. The number of aromatic carboxylic acids is 1. The van der Waals surface area contributed by atoms with Gasteiger partial charge < -0.3 is 15.3 Å². The topological polar surface area (TPSA) is 82.5 Å². The Morgan fingerprint density at radius 1 is 1.28 bits per heavy atom. The van der Waals surface area contributed by atoms with Gasteiger partial charge in [-0.25, -0.2) is 4.79 Å². The van der Waals surface area contributed by atoms with E-state index in [-0.39, 0.29) is 11.5 Å². The lowest BCUT2D eigenvalue weighted by atomic mass is 10.2. The van der Waals surface area contributed by atoms with Gasteiger partial charge in [-0.3, -0.25) is 9.78 Å². The lowest BCUT2D eigenvalue weighted by molar-refractivity contribution is 0.0693. The largest absolute Gasteiger partial charge is 0.478 e. The van der Waals surface area contributed by atoms with Crippen LogP contribution < -0.4 is 5.32 Å². The van der Waals surface area contributed by atoms with E-state index in [1.165, 1.54) is 18.3 Å². The van der Waals surface area contributed by atoms with Crippen LogP contribution in [0.15, 0.2) is 18.3 Å². The Hall–Kier alpha value is -1.95. The second-order valence-corrected chi connectivity index (χ2v) is 4.13. The Morgan fingerprint density at radius 3 is 2.78 bits per heavy atom. The van der Waals surface area contributed by atoms with Crippen LogP contribution in [0.1, 0.15) is 27.3 Å². The second kappa shape index (κ2) is 5.59. The molecule has 6 heteroatoms. The summed E-state index contributed by atoms with van der Waals surface area (Å²) in [5, 5.41) is 12.0. The highest BCUT2D eigenvalue weighted by molar-refractivity contribution is 5.93. The van der Waals surface area contributed by atoms with Crippen LogP contribution in [-0.2, 0) is 0 Å². The van der Waals surface area contributed by atoms with Crippen LogP contribution in [0.25, 0.3) is 0 Å². The summed E-state index contributed by atoms with van der Waals surface area (Å²) in [6.45, 7) is 3.05. The summed E-state index contributed by atoms with van der Waals surface area (Å²) in [4.78, 5) is 28.5. The first-order chi connectivity index (χ1) is 8.68. The maximum Gasteiger partial charge on any atom is 0.337 e. The molecule has 1 aromatic rings. The number of carboxylic acids is 1. The molecular weight excluding hydrogens is 234 g/mol. The van der Waals surface area contributed by atoms with E-state index in [0.717, 1.165) is 19.5 Å². The minimum absolute atomic E-state index is 0.0871. The number of carbonyl (C=O) groups is 2. The molecule has 0 spiro atoms. The lowest BCUT2D eigenvalue weighted by Gasteiger charge is -2.19. The summed E-state index contributed by atoms with van der Waals surface area (Å²) >= 11 is 0. The summed E-state index contributed by atoms with van der Waals surface area (Å²) in [5.41, 5.74) is 0.381. The fourth-order valence-electron chi connectivity index (χ4n) is 1.86. The lowest BCUT2D eigenvalue weighted by Crippen LogP contribution is -2.34. The van der Waals surface area contributed by atoms with E-state index in [1.807, 2.05) is 0 Å². The molecule has 96 valence electrons. The number of amides is 1. The Kier molecular flexibility index (Phi) is 3.88. The van der Waals surface area contributed by atoms with Crippen LogP contribution >= 0.6 is 0 Å². The van der Waals surface area contributed by atoms with Crippen molar-refractivity contribution in [3.63, 3.8) is 0 Å². The van der Waals surface area contributed by atoms with E-state index in [0.29, 0.717) is 18.8 Å².